The number of hydrogen-bond acceptors (Lipinski definition) is 5. The van der Waals surface area contributed by atoms with Crippen molar-refractivity contribution in [3.63, 3.8) is 0 Å². The fourth-order valence-electron chi connectivity index (χ4n) is 3.19. The fourth-order valence-corrected chi connectivity index (χ4v) is 3.19. The van der Waals surface area contributed by atoms with E-state index in [1.54, 1.807) is 4.90 Å². The van der Waals surface area contributed by atoms with E-state index in [0.717, 1.165) is 50.9 Å². The van der Waals surface area contributed by atoms with E-state index < -0.39 is 5.60 Å². The molecule has 0 unspecified atom stereocenters. The van der Waals surface area contributed by atoms with Gasteiger partial charge in [0, 0.05) is 19.2 Å². The molecule has 1 aromatic heterocycles. The number of rotatable bonds is 3. The van der Waals surface area contributed by atoms with Crippen LogP contribution in [0, 0.1) is 5.92 Å². The zero-order valence-corrected chi connectivity index (χ0v) is 14.9. The van der Waals surface area contributed by atoms with E-state index in [1.807, 2.05) is 26.8 Å². The number of fused-ring (bicyclic) bond motifs is 1. The van der Waals surface area contributed by atoms with Crippen molar-refractivity contribution in [1.82, 2.24) is 15.1 Å². The third-order valence-electron chi connectivity index (χ3n) is 4.53. The molecule has 0 radical (unpaired) electrons. The second-order valence-corrected chi connectivity index (χ2v) is 7.73. The molecule has 3 rings (SSSR count). The summed E-state index contributed by atoms with van der Waals surface area (Å²) in [5.74, 6) is 1.07. The number of hydrogen-bond donors (Lipinski definition) is 0. The number of amides is 1. The van der Waals surface area contributed by atoms with Crippen LogP contribution >= 0.6 is 0 Å². The van der Waals surface area contributed by atoms with Crippen molar-refractivity contribution < 1.29 is 14.3 Å². The maximum Gasteiger partial charge on any atom is 0.410 e. The number of aromatic nitrogens is 2. The summed E-state index contributed by atoms with van der Waals surface area (Å²) in [5, 5.41) is 8.41. The summed E-state index contributed by atoms with van der Waals surface area (Å²) in [4.78, 5) is 13.9. The first-order chi connectivity index (χ1) is 11.4. The molecule has 2 heterocycles. The van der Waals surface area contributed by atoms with E-state index in [1.165, 1.54) is 5.56 Å². The van der Waals surface area contributed by atoms with Crippen LogP contribution in [-0.4, -0.2) is 46.5 Å². The number of carbonyl (C=O) groups excluding carboxylic acids is 1. The predicted molar refractivity (Wildman–Crippen MR) is 90.1 cm³/mol. The maximum absolute atomic E-state index is 12.1. The first kappa shape index (κ1) is 17.0. The topological polar surface area (TPSA) is 64.5 Å². The third-order valence-corrected chi connectivity index (χ3v) is 4.53. The molecule has 0 aromatic carbocycles. The third kappa shape index (κ3) is 4.36. The van der Waals surface area contributed by atoms with E-state index in [-0.39, 0.29) is 6.09 Å². The second-order valence-electron chi connectivity index (χ2n) is 7.73. The number of likely N-dealkylation sites (tertiary alicyclic amines) is 1. The first-order valence-electron chi connectivity index (χ1n) is 8.87. The summed E-state index contributed by atoms with van der Waals surface area (Å²) in [7, 11) is 0. The molecule has 1 amide bonds. The lowest BCUT2D eigenvalue weighted by molar-refractivity contribution is 0.0164. The lowest BCUT2D eigenvalue weighted by atomic mass is 9.98. The van der Waals surface area contributed by atoms with Crippen LogP contribution in [0.4, 0.5) is 4.79 Å². The van der Waals surface area contributed by atoms with Crippen LogP contribution in [0.25, 0.3) is 0 Å². The Morgan fingerprint density at radius 1 is 1.25 bits per heavy atom. The van der Waals surface area contributed by atoms with Crippen molar-refractivity contribution >= 4 is 6.09 Å². The fraction of sp³-hybridized carbons (Fsp3) is 0.722. The molecule has 24 heavy (non-hydrogen) atoms. The van der Waals surface area contributed by atoms with Crippen LogP contribution < -0.4 is 4.74 Å². The van der Waals surface area contributed by atoms with E-state index in [4.69, 9.17) is 9.47 Å². The normalized spacial score (nSPS) is 18.4. The Balaban J connectivity index is 1.43. The average Bonchev–Trinajstić information content (AvgIpc) is 2.99. The second kappa shape index (κ2) is 6.95. The van der Waals surface area contributed by atoms with Gasteiger partial charge >= 0.3 is 6.09 Å². The largest absolute Gasteiger partial charge is 0.476 e. The van der Waals surface area contributed by atoms with Gasteiger partial charge in [-0.25, -0.2) is 4.79 Å². The highest BCUT2D eigenvalue weighted by atomic mass is 16.6. The van der Waals surface area contributed by atoms with Gasteiger partial charge in [0.15, 0.2) is 0 Å². The van der Waals surface area contributed by atoms with Crippen molar-refractivity contribution in [2.45, 2.75) is 58.5 Å². The van der Waals surface area contributed by atoms with Gasteiger partial charge in [-0.3, -0.25) is 0 Å². The van der Waals surface area contributed by atoms with Crippen molar-refractivity contribution in [2.24, 2.45) is 5.92 Å². The number of piperidine rings is 1. The molecule has 2 aliphatic rings. The number of ether oxygens (including phenoxy) is 2. The standard InChI is InChI=1S/C18H27N3O3/c1-18(2,3)24-17(22)21-9-7-13(8-10-21)12-23-16-11-14-5-4-6-15(14)19-20-16/h11,13H,4-10,12H2,1-3H3. The smallest absolute Gasteiger partial charge is 0.410 e. The lowest BCUT2D eigenvalue weighted by Gasteiger charge is -2.33. The SMILES string of the molecule is CC(C)(C)OC(=O)N1CCC(COc2cc3c(nn2)CCC3)CC1. The van der Waals surface area contributed by atoms with Gasteiger partial charge in [-0.15, -0.1) is 5.10 Å². The van der Waals surface area contributed by atoms with Crippen LogP contribution in [-0.2, 0) is 17.6 Å². The monoisotopic (exact) mass is 333 g/mol. The van der Waals surface area contributed by atoms with Gasteiger partial charge in [-0.2, -0.15) is 5.10 Å². The molecular formula is C18H27N3O3. The Kier molecular flexibility index (Phi) is 4.92. The molecule has 0 N–H and O–H groups in total. The average molecular weight is 333 g/mol. The van der Waals surface area contributed by atoms with Crippen molar-refractivity contribution in [3.8, 4) is 5.88 Å². The Morgan fingerprint density at radius 2 is 2.00 bits per heavy atom. The zero-order chi connectivity index (χ0) is 17.2. The highest BCUT2D eigenvalue weighted by molar-refractivity contribution is 5.68. The summed E-state index contributed by atoms with van der Waals surface area (Å²) >= 11 is 0. The predicted octanol–water partition coefficient (Wildman–Crippen LogP) is 2.99. The summed E-state index contributed by atoms with van der Waals surface area (Å²) in [6.07, 6.45) is 4.92. The lowest BCUT2D eigenvalue weighted by Crippen LogP contribution is -2.42. The summed E-state index contributed by atoms with van der Waals surface area (Å²) in [5.41, 5.74) is 1.95. The van der Waals surface area contributed by atoms with Gasteiger partial charge in [0.1, 0.15) is 5.60 Å². The van der Waals surface area contributed by atoms with Gasteiger partial charge in [-0.05, 0) is 64.4 Å². The van der Waals surface area contributed by atoms with Crippen LogP contribution in [0.2, 0.25) is 0 Å². The van der Waals surface area contributed by atoms with Gasteiger partial charge in [0.25, 0.3) is 0 Å². The molecule has 0 atom stereocenters. The number of aryl methyl sites for hydroxylation is 2. The number of carbonyl (C=O) groups is 1. The van der Waals surface area contributed by atoms with E-state index >= 15 is 0 Å². The van der Waals surface area contributed by atoms with Gasteiger partial charge in [-0.1, -0.05) is 0 Å². The Morgan fingerprint density at radius 3 is 2.71 bits per heavy atom. The van der Waals surface area contributed by atoms with Gasteiger partial charge < -0.3 is 14.4 Å². The number of nitrogens with zero attached hydrogens (tertiary/aromatic N) is 3. The molecule has 1 saturated heterocycles. The minimum atomic E-state index is -0.441. The molecule has 0 spiro atoms. The van der Waals surface area contributed by atoms with Crippen LogP contribution in [0.15, 0.2) is 6.07 Å². The first-order valence-corrected chi connectivity index (χ1v) is 8.87. The maximum atomic E-state index is 12.1. The molecule has 6 nitrogen and oxygen atoms in total. The molecule has 1 aliphatic heterocycles. The highest BCUT2D eigenvalue weighted by Crippen LogP contribution is 2.24. The molecular weight excluding hydrogens is 306 g/mol. The molecule has 0 saturated carbocycles. The van der Waals surface area contributed by atoms with Crippen molar-refractivity contribution in [3.05, 3.63) is 17.3 Å². The molecule has 1 aliphatic carbocycles. The summed E-state index contributed by atoms with van der Waals surface area (Å²) < 4.78 is 11.3. The molecule has 1 fully saturated rings. The van der Waals surface area contributed by atoms with Crippen LogP contribution in [0.5, 0.6) is 5.88 Å². The zero-order valence-electron chi connectivity index (χ0n) is 14.9. The minimum Gasteiger partial charge on any atom is -0.476 e. The molecule has 6 heteroatoms. The van der Waals surface area contributed by atoms with Gasteiger partial charge in [0.2, 0.25) is 5.88 Å². The summed E-state index contributed by atoms with van der Waals surface area (Å²) in [6, 6.07) is 2.03. The Labute approximate surface area is 143 Å². The minimum absolute atomic E-state index is 0.216. The van der Waals surface area contributed by atoms with E-state index in [9.17, 15) is 4.79 Å². The highest BCUT2D eigenvalue weighted by Gasteiger charge is 2.27. The van der Waals surface area contributed by atoms with Gasteiger partial charge in [0.05, 0.1) is 12.3 Å². The van der Waals surface area contributed by atoms with E-state index in [0.29, 0.717) is 18.4 Å². The van der Waals surface area contributed by atoms with Crippen LogP contribution in [0.1, 0.15) is 51.3 Å². The van der Waals surface area contributed by atoms with Crippen LogP contribution in [0.3, 0.4) is 0 Å². The summed E-state index contributed by atoms with van der Waals surface area (Å²) in [6.45, 7) is 7.75. The quantitative estimate of drug-likeness (QED) is 0.851. The van der Waals surface area contributed by atoms with Crippen molar-refractivity contribution in [1.29, 1.82) is 0 Å². The molecule has 1 aromatic rings. The Bertz CT molecular complexity index is 590. The Hall–Kier alpha value is -1.85. The molecule has 132 valence electrons. The van der Waals surface area contributed by atoms with E-state index in [2.05, 4.69) is 10.2 Å². The molecule has 0 bridgehead atoms. The van der Waals surface area contributed by atoms with Crippen molar-refractivity contribution in [2.75, 3.05) is 19.7 Å².